The van der Waals surface area contributed by atoms with Crippen LogP contribution in [-0.2, 0) is 4.74 Å². The van der Waals surface area contributed by atoms with Gasteiger partial charge >= 0.3 is 6.18 Å². The van der Waals surface area contributed by atoms with Crippen LogP contribution in [0, 0.1) is 0 Å². The van der Waals surface area contributed by atoms with Gasteiger partial charge in [0.05, 0.1) is 13.0 Å². The molecule has 0 saturated heterocycles. The Labute approximate surface area is 110 Å². The van der Waals surface area contributed by atoms with Crippen molar-refractivity contribution in [2.75, 3.05) is 27.4 Å². The molecule has 0 heterocycles. The number of rotatable bonds is 7. The van der Waals surface area contributed by atoms with Crippen molar-refractivity contribution >= 4 is 0 Å². The van der Waals surface area contributed by atoms with Crippen LogP contribution in [0.1, 0.15) is 18.0 Å². The maximum absolute atomic E-state index is 12.5. The summed E-state index contributed by atoms with van der Waals surface area (Å²) in [6.45, 7) is 0.688. The van der Waals surface area contributed by atoms with Crippen LogP contribution < -0.4 is 10.1 Å². The average Bonchev–Trinajstić information content (AvgIpc) is 2.36. The number of methoxy groups -OCH3 is 1. The van der Waals surface area contributed by atoms with Gasteiger partial charge in [-0.2, -0.15) is 13.2 Å². The van der Waals surface area contributed by atoms with Gasteiger partial charge in [-0.05, 0) is 13.1 Å². The molecular weight excluding hydrogens is 259 g/mol. The van der Waals surface area contributed by atoms with Crippen LogP contribution >= 0.6 is 0 Å². The van der Waals surface area contributed by atoms with Crippen LogP contribution in [0.25, 0.3) is 0 Å². The topological polar surface area (TPSA) is 30.5 Å². The van der Waals surface area contributed by atoms with E-state index >= 15 is 0 Å². The minimum Gasteiger partial charge on any atom is -0.491 e. The third-order valence-electron chi connectivity index (χ3n) is 2.62. The predicted octanol–water partition coefficient (Wildman–Crippen LogP) is 2.92. The Morgan fingerprint density at radius 3 is 2.47 bits per heavy atom. The fourth-order valence-electron chi connectivity index (χ4n) is 1.73. The minimum atomic E-state index is -4.23. The average molecular weight is 277 g/mol. The van der Waals surface area contributed by atoms with Gasteiger partial charge in [-0.1, -0.05) is 18.2 Å². The first-order valence-corrected chi connectivity index (χ1v) is 5.92. The summed E-state index contributed by atoms with van der Waals surface area (Å²) in [6.07, 6.45) is -5.17. The highest BCUT2D eigenvalue weighted by molar-refractivity contribution is 5.36. The molecule has 0 aliphatic rings. The summed E-state index contributed by atoms with van der Waals surface area (Å²) in [6, 6.07) is 5.89. The van der Waals surface area contributed by atoms with E-state index in [0.717, 1.165) is 0 Å². The number of nitrogens with one attached hydrogen (secondary N) is 1. The molecule has 0 aliphatic carbocycles. The first-order chi connectivity index (χ1) is 8.98. The SMILES string of the molecule is CNC(CC(F)(F)F)c1ccccc1OCCOC. The smallest absolute Gasteiger partial charge is 0.390 e. The Bertz CT molecular complexity index is 382. The lowest BCUT2D eigenvalue weighted by Crippen LogP contribution is -2.24. The molecule has 0 spiro atoms. The quantitative estimate of drug-likeness (QED) is 0.777. The molecule has 0 aliphatic heterocycles. The van der Waals surface area contributed by atoms with Gasteiger partial charge < -0.3 is 14.8 Å². The van der Waals surface area contributed by atoms with Crippen molar-refractivity contribution in [2.45, 2.75) is 18.6 Å². The monoisotopic (exact) mass is 277 g/mol. The van der Waals surface area contributed by atoms with Crippen LogP contribution in [0.4, 0.5) is 13.2 Å². The molecule has 6 heteroatoms. The van der Waals surface area contributed by atoms with E-state index in [4.69, 9.17) is 9.47 Å². The highest BCUT2D eigenvalue weighted by Crippen LogP contribution is 2.33. The number of hydrogen-bond acceptors (Lipinski definition) is 3. The minimum absolute atomic E-state index is 0.302. The summed E-state index contributed by atoms with van der Waals surface area (Å²) in [5.74, 6) is 0.447. The summed E-state index contributed by atoms with van der Waals surface area (Å²) < 4.78 is 47.8. The van der Waals surface area contributed by atoms with Crippen LogP contribution in [0.5, 0.6) is 5.75 Å². The van der Waals surface area contributed by atoms with E-state index in [0.29, 0.717) is 24.5 Å². The lowest BCUT2D eigenvalue weighted by molar-refractivity contribution is -0.140. The summed E-state index contributed by atoms with van der Waals surface area (Å²) in [5, 5.41) is 2.67. The summed E-state index contributed by atoms with van der Waals surface area (Å²) >= 11 is 0. The Morgan fingerprint density at radius 2 is 1.89 bits per heavy atom. The fourth-order valence-corrected chi connectivity index (χ4v) is 1.73. The van der Waals surface area contributed by atoms with Crippen LogP contribution in [-0.4, -0.2) is 33.5 Å². The largest absolute Gasteiger partial charge is 0.491 e. The van der Waals surface area contributed by atoms with Crippen LogP contribution in [0.3, 0.4) is 0 Å². The van der Waals surface area contributed by atoms with Gasteiger partial charge in [-0.15, -0.1) is 0 Å². The number of benzene rings is 1. The first-order valence-electron chi connectivity index (χ1n) is 5.92. The molecule has 1 unspecified atom stereocenters. The number of para-hydroxylation sites is 1. The van der Waals surface area contributed by atoms with Crippen molar-refractivity contribution in [3.05, 3.63) is 29.8 Å². The Morgan fingerprint density at radius 1 is 1.21 bits per heavy atom. The molecule has 1 aromatic carbocycles. The second kappa shape index (κ2) is 7.35. The Kier molecular flexibility index (Phi) is 6.11. The van der Waals surface area contributed by atoms with E-state index in [9.17, 15) is 13.2 Å². The molecule has 0 saturated carbocycles. The van der Waals surface area contributed by atoms with Crippen molar-refractivity contribution < 1.29 is 22.6 Å². The number of halogens is 3. The number of alkyl halides is 3. The molecule has 0 aromatic heterocycles. The van der Waals surface area contributed by atoms with E-state index in [1.165, 1.54) is 14.2 Å². The normalized spacial score (nSPS) is 13.3. The molecule has 0 radical (unpaired) electrons. The lowest BCUT2D eigenvalue weighted by atomic mass is 10.0. The summed E-state index contributed by atoms with van der Waals surface area (Å²) in [5.41, 5.74) is 0.499. The van der Waals surface area contributed by atoms with Gasteiger partial charge in [-0.3, -0.25) is 0 Å². The molecule has 1 atom stereocenters. The van der Waals surface area contributed by atoms with Crippen molar-refractivity contribution in [1.82, 2.24) is 5.32 Å². The number of hydrogen-bond donors (Lipinski definition) is 1. The molecule has 1 aromatic rings. The second-order valence-electron chi connectivity index (χ2n) is 4.04. The Balaban J connectivity index is 2.84. The lowest BCUT2D eigenvalue weighted by Gasteiger charge is -2.21. The van der Waals surface area contributed by atoms with Crippen molar-refractivity contribution in [2.24, 2.45) is 0 Å². The molecule has 1 N–H and O–H groups in total. The first kappa shape index (κ1) is 15.8. The van der Waals surface area contributed by atoms with Gasteiger partial charge in [-0.25, -0.2) is 0 Å². The summed E-state index contributed by atoms with van der Waals surface area (Å²) in [4.78, 5) is 0. The highest BCUT2D eigenvalue weighted by atomic mass is 19.4. The maximum atomic E-state index is 12.5. The maximum Gasteiger partial charge on any atom is 0.390 e. The molecule has 108 valence electrons. The van der Waals surface area contributed by atoms with E-state index in [1.807, 2.05) is 0 Å². The molecular formula is C13H18F3NO2. The molecule has 3 nitrogen and oxygen atoms in total. The van der Waals surface area contributed by atoms with E-state index in [-0.39, 0.29) is 0 Å². The van der Waals surface area contributed by atoms with E-state index < -0.39 is 18.6 Å². The third-order valence-corrected chi connectivity index (χ3v) is 2.62. The molecule has 0 fully saturated rings. The molecule has 0 bridgehead atoms. The zero-order valence-corrected chi connectivity index (χ0v) is 11.0. The van der Waals surface area contributed by atoms with Gasteiger partial charge in [0.2, 0.25) is 0 Å². The van der Waals surface area contributed by atoms with Crippen LogP contribution in [0.15, 0.2) is 24.3 Å². The highest BCUT2D eigenvalue weighted by Gasteiger charge is 2.33. The second-order valence-corrected chi connectivity index (χ2v) is 4.04. The fraction of sp³-hybridized carbons (Fsp3) is 0.538. The zero-order valence-electron chi connectivity index (χ0n) is 11.0. The third kappa shape index (κ3) is 5.48. The van der Waals surface area contributed by atoms with Gasteiger partial charge in [0.15, 0.2) is 0 Å². The molecule has 19 heavy (non-hydrogen) atoms. The molecule has 0 amide bonds. The standard InChI is InChI=1S/C13H18F3NO2/c1-17-11(9-13(14,15)16)10-5-3-4-6-12(10)19-8-7-18-2/h3-6,11,17H,7-9H2,1-2H3. The number of ether oxygens (including phenoxy) is 2. The van der Waals surface area contributed by atoms with Crippen molar-refractivity contribution in [3.8, 4) is 5.75 Å². The zero-order chi connectivity index (χ0) is 14.3. The van der Waals surface area contributed by atoms with Crippen molar-refractivity contribution in [1.29, 1.82) is 0 Å². The van der Waals surface area contributed by atoms with Crippen molar-refractivity contribution in [3.63, 3.8) is 0 Å². The van der Waals surface area contributed by atoms with Gasteiger partial charge in [0.1, 0.15) is 12.4 Å². The Hall–Kier alpha value is -1.27. The van der Waals surface area contributed by atoms with Gasteiger partial charge in [0, 0.05) is 18.7 Å². The van der Waals surface area contributed by atoms with E-state index in [2.05, 4.69) is 5.32 Å². The van der Waals surface area contributed by atoms with Gasteiger partial charge in [0.25, 0.3) is 0 Å². The van der Waals surface area contributed by atoms with E-state index in [1.54, 1.807) is 24.3 Å². The molecule has 1 rings (SSSR count). The predicted molar refractivity (Wildman–Crippen MR) is 66.3 cm³/mol. The van der Waals surface area contributed by atoms with Crippen LogP contribution in [0.2, 0.25) is 0 Å². The summed E-state index contributed by atoms with van der Waals surface area (Å²) in [7, 11) is 3.04.